The van der Waals surface area contributed by atoms with Crippen LogP contribution in [-0.2, 0) is 28.5 Å². The summed E-state index contributed by atoms with van der Waals surface area (Å²) in [5, 5.41) is 7.18. The molecule has 0 amide bonds. The molecule has 0 heterocycles. The zero-order valence-corrected chi connectivity index (χ0v) is 31.5. The standard InChI is InChI=1S/C46H42O9/c1-27(54-45(47)43(52-5)40-32-19-11-7-15-28(32)23-29-16-8-12-20-33(29)40)42(36-25-38(50-3)39(51-4)26-37(36)49-2)55-46(48)44(53-6)41-34-21-13-9-17-30(34)24-31-18-10-14-22-35(31)41/h7-27,42-44H,1-6H3/t27-,42-,43-,44-/m1/s1. The highest BCUT2D eigenvalue weighted by molar-refractivity contribution is 6.06. The largest absolute Gasteiger partial charge is 0.496 e. The van der Waals surface area contributed by atoms with Gasteiger partial charge in [0.1, 0.15) is 11.9 Å². The number of hydrogen-bond donors (Lipinski definition) is 0. The smallest absolute Gasteiger partial charge is 0.340 e. The molecule has 7 aromatic carbocycles. The van der Waals surface area contributed by atoms with Gasteiger partial charge in [0.05, 0.1) is 21.3 Å². The number of fused-ring (bicyclic) bond motifs is 4. The van der Waals surface area contributed by atoms with Crippen molar-refractivity contribution >= 4 is 55.0 Å². The molecule has 0 unspecified atom stereocenters. The molecule has 4 atom stereocenters. The van der Waals surface area contributed by atoms with Crippen molar-refractivity contribution in [1.82, 2.24) is 0 Å². The molecule has 0 radical (unpaired) electrons. The van der Waals surface area contributed by atoms with E-state index in [1.807, 2.05) is 97.1 Å². The highest BCUT2D eigenvalue weighted by atomic mass is 16.6. The van der Waals surface area contributed by atoms with E-state index >= 15 is 0 Å². The van der Waals surface area contributed by atoms with Crippen LogP contribution in [0.2, 0.25) is 0 Å². The quantitative estimate of drug-likeness (QED) is 0.0846. The van der Waals surface area contributed by atoms with Gasteiger partial charge in [-0.2, -0.15) is 0 Å². The van der Waals surface area contributed by atoms with Gasteiger partial charge in [0.15, 0.2) is 29.8 Å². The summed E-state index contributed by atoms with van der Waals surface area (Å²) >= 11 is 0. The second-order valence-electron chi connectivity index (χ2n) is 13.1. The maximum Gasteiger partial charge on any atom is 0.340 e. The van der Waals surface area contributed by atoms with Crippen molar-refractivity contribution in [2.24, 2.45) is 0 Å². The zero-order chi connectivity index (χ0) is 38.6. The minimum absolute atomic E-state index is 0.325. The minimum atomic E-state index is -1.20. The van der Waals surface area contributed by atoms with Crippen molar-refractivity contribution in [1.29, 1.82) is 0 Å². The fourth-order valence-corrected chi connectivity index (χ4v) is 7.51. The Labute approximate surface area is 319 Å². The minimum Gasteiger partial charge on any atom is -0.496 e. The second-order valence-corrected chi connectivity index (χ2v) is 13.1. The van der Waals surface area contributed by atoms with Gasteiger partial charge in [-0.15, -0.1) is 0 Å². The third-order valence-corrected chi connectivity index (χ3v) is 10.1. The van der Waals surface area contributed by atoms with E-state index in [2.05, 4.69) is 12.1 Å². The lowest BCUT2D eigenvalue weighted by molar-refractivity contribution is -0.180. The van der Waals surface area contributed by atoms with Gasteiger partial charge >= 0.3 is 11.9 Å². The van der Waals surface area contributed by atoms with E-state index in [0.717, 1.165) is 43.1 Å². The summed E-state index contributed by atoms with van der Waals surface area (Å²) in [5.41, 5.74) is 1.72. The molecule has 7 aromatic rings. The molecule has 0 N–H and O–H groups in total. The van der Waals surface area contributed by atoms with Gasteiger partial charge in [-0.05, 0) is 68.2 Å². The number of esters is 2. The molecular weight excluding hydrogens is 696 g/mol. The van der Waals surface area contributed by atoms with E-state index in [9.17, 15) is 9.59 Å². The SMILES string of the molecule is COc1cc(OC)c([C@H](OC(=O)[C@H](OC)c2c3ccccc3cc3ccccc23)[C@@H](C)OC(=O)[C@H](OC)c2c3ccccc3cc3ccccc23)cc1OC. The molecule has 0 aromatic heterocycles. The number of ether oxygens (including phenoxy) is 7. The maximum absolute atomic E-state index is 14.6. The molecule has 0 saturated heterocycles. The summed E-state index contributed by atoms with van der Waals surface area (Å²) in [7, 11) is 7.45. The number of hydrogen-bond acceptors (Lipinski definition) is 9. The van der Waals surface area contributed by atoms with E-state index in [0.29, 0.717) is 33.9 Å². The summed E-state index contributed by atoms with van der Waals surface area (Å²) in [5.74, 6) is -0.279. The fraction of sp³-hybridized carbons (Fsp3) is 0.217. The predicted octanol–water partition coefficient (Wildman–Crippen LogP) is 9.62. The van der Waals surface area contributed by atoms with Gasteiger partial charge in [-0.25, -0.2) is 9.59 Å². The number of methoxy groups -OCH3 is 5. The van der Waals surface area contributed by atoms with E-state index in [4.69, 9.17) is 33.2 Å². The highest BCUT2D eigenvalue weighted by Crippen LogP contribution is 2.43. The van der Waals surface area contributed by atoms with Crippen molar-refractivity contribution in [2.45, 2.75) is 31.3 Å². The molecule has 0 bridgehead atoms. The molecule has 9 heteroatoms. The van der Waals surface area contributed by atoms with Crippen molar-refractivity contribution in [2.75, 3.05) is 35.5 Å². The molecule has 9 nitrogen and oxygen atoms in total. The predicted molar refractivity (Wildman–Crippen MR) is 213 cm³/mol. The molecule has 0 saturated carbocycles. The van der Waals surface area contributed by atoms with Crippen molar-refractivity contribution in [3.05, 3.63) is 138 Å². The van der Waals surface area contributed by atoms with Crippen LogP contribution in [0.3, 0.4) is 0 Å². The number of benzene rings is 7. The Hall–Kier alpha value is -6.16. The lowest BCUT2D eigenvalue weighted by Gasteiger charge is -2.29. The normalized spacial score (nSPS) is 13.6. The van der Waals surface area contributed by atoms with Gasteiger partial charge < -0.3 is 33.2 Å². The maximum atomic E-state index is 14.6. The van der Waals surface area contributed by atoms with Gasteiger partial charge in [-0.1, -0.05) is 97.1 Å². The van der Waals surface area contributed by atoms with Crippen LogP contribution in [0.15, 0.2) is 121 Å². The molecule has 55 heavy (non-hydrogen) atoms. The first-order chi connectivity index (χ1) is 26.8. The van der Waals surface area contributed by atoms with Gasteiger partial charge in [0.25, 0.3) is 0 Å². The third-order valence-electron chi connectivity index (χ3n) is 10.1. The molecule has 280 valence electrons. The summed E-state index contributed by atoms with van der Waals surface area (Å²) in [6.45, 7) is 1.66. The summed E-state index contributed by atoms with van der Waals surface area (Å²) < 4.78 is 41.6. The summed E-state index contributed by atoms with van der Waals surface area (Å²) in [6.07, 6.45) is -4.53. The second kappa shape index (κ2) is 16.1. The van der Waals surface area contributed by atoms with Crippen LogP contribution in [0.1, 0.15) is 41.9 Å². The number of carbonyl (C=O) groups excluding carboxylic acids is 2. The number of rotatable bonds is 13. The Morgan fingerprint density at radius 2 is 0.818 bits per heavy atom. The first kappa shape index (κ1) is 37.2. The van der Waals surface area contributed by atoms with Crippen LogP contribution in [0.4, 0.5) is 0 Å². The Morgan fingerprint density at radius 3 is 1.20 bits per heavy atom. The number of carbonyl (C=O) groups is 2. The van der Waals surface area contributed by atoms with Gasteiger partial charge in [-0.3, -0.25) is 0 Å². The molecule has 0 spiro atoms. The fourth-order valence-electron chi connectivity index (χ4n) is 7.51. The third kappa shape index (κ3) is 7.00. The van der Waals surface area contributed by atoms with Crippen molar-refractivity contribution in [3.63, 3.8) is 0 Å². The first-order valence-corrected chi connectivity index (χ1v) is 17.9. The van der Waals surface area contributed by atoms with Gasteiger partial charge in [0.2, 0.25) is 0 Å². The first-order valence-electron chi connectivity index (χ1n) is 17.9. The van der Waals surface area contributed by atoms with Crippen LogP contribution in [-0.4, -0.2) is 53.6 Å². The zero-order valence-electron chi connectivity index (χ0n) is 31.5. The van der Waals surface area contributed by atoms with E-state index in [-0.39, 0.29) is 0 Å². The Bertz CT molecular complexity index is 2420. The monoisotopic (exact) mass is 738 g/mol. The van der Waals surface area contributed by atoms with Crippen LogP contribution >= 0.6 is 0 Å². The topological polar surface area (TPSA) is 98.8 Å². The Balaban J connectivity index is 1.31. The van der Waals surface area contributed by atoms with Crippen LogP contribution < -0.4 is 14.2 Å². The molecule has 0 aliphatic heterocycles. The molecule has 0 aliphatic rings. The van der Waals surface area contributed by atoms with Gasteiger partial charge in [0, 0.05) is 37.0 Å². The van der Waals surface area contributed by atoms with E-state index in [1.54, 1.807) is 19.1 Å². The van der Waals surface area contributed by atoms with E-state index < -0.39 is 36.4 Å². The molecular formula is C46H42O9. The highest BCUT2D eigenvalue weighted by Gasteiger charge is 2.37. The molecule has 0 aliphatic carbocycles. The molecule has 7 rings (SSSR count). The Morgan fingerprint density at radius 1 is 0.455 bits per heavy atom. The molecule has 0 fully saturated rings. The Kier molecular flexibility index (Phi) is 10.9. The lowest BCUT2D eigenvalue weighted by Crippen LogP contribution is -2.31. The van der Waals surface area contributed by atoms with E-state index in [1.165, 1.54) is 35.5 Å². The average molecular weight is 739 g/mol. The van der Waals surface area contributed by atoms with Crippen LogP contribution in [0, 0.1) is 0 Å². The summed E-state index contributed by atoms with van der Waals surface area (Å²) in [4.78, 5) is 29.0. The van der Waals surface area contributed by atoms with Crippen LogP contribution in [0.25, 0.3) is 43.1 Å². The lowest BCUT2D eigenvalue weighted by atomic mass is 9.93. The average Bonchev–Trinajstić information content (AvgIpc) is 3.22. The van der Waals surface area contributed by atoms with Crippen LogP contribution in [0.5, 0.6) is 17.2 Å². The van der Waals surface area contributed by atoms with Crippen molar-refractivity contribution in [3.8, 4) is 17.2 Å². The van der Waals surface area contributed by atoms with Crippen molar-refractivity contribution < 1.29 is 42.7 Å². The summed E-state index contributed by atoms with van der Waals surface area (Å²) in [6, 6.07) is 38.7.